The van der Waals surface area contributed by atoms with E-state index in [-0.39, 0.29) is 0 Å². The van der Waals surface area contributed by atoms with Crippen LogP contribution in [0.5, 0.6) is 5.75 Å². The van der Waals surface area contributed by atoms with Crippen LogP contribution in [0, 0.1) is 0 Å². The van der Waals surface area contributed by atoms with Gasteiger partial charge >= 0.3 is 0 Å². The Morgan fingerprint density at radius 3 is 2.56 bits per heavy atom. The van der Waals surface area contributed by atoms with Crippen molar-refractivity contribution in [1.29, 1.82) is 0 Å². The van der Waals surface area contributed by atoms with Crippen molar-refractivity contribution in [3.8, 4) is 5.75 Å². The number of hydrogen-bond acceptors (Lipinski definition) is 3. The highest BCUT2D eigenvalue weighted by Gasteiger charge is 2.13. The summed E-state index contributed by atoms with van der Waals surface area (Å²) in [5, 5.41) is 1.33. The Balaban J connectivity index is 1.67. The van der Waals surface area contributed by atoms with Gasteiger partial charge in [-0.15, -0.1) is 0 Å². The van der Waals surface area contributed by atoms with Gasteiger partial charge in [0.05, 0.1) is 23.8 Å². The van der Waals surface area contributed by atoms with Gasteiger partial charge in [0, 0.05) is 10.0 Å². The molecule has 4 nitrogen and oxygen atoms in total. The molecular weight excluding hydrogens is 359 g/mol. The van der Waals surface area contributed by atoms with E-state index in [1.165, 1.54) is 0 Å². The highest BCUT2D eigenvalue weighted by atomic mass is 35.5. The second kappa shape index (κ2) is 6.82. The number of benzene rings is 2. The van der Waals surface area contributed by atoms with Crippen LogP contribution >= 0.6 is 23.2 Å². The summed E-state index contributed by atoms with van der Waals surface area (Å²) in [6.07, 6.45) is 1.66. The highest BCUT2D eigenvalue weighted by Crippen LogP contribution is 2.23. The second-order valence-corrected chi connectivity index (χ2v) is 6.44. The highest BCUT2D eigenvalue weighted by molar-refractivity contribution is 6.31. The Labute approximate surface area is 154 Å². The number of halogens is 2. The fourth-order valence-electron chi connectivity index (χ4n) is 2.68. The van der Waals surface area contributed by atoms with Gasteiger partial charge in [0.25, 0.3) is 0 Å². The minimum atomic E-state index is 0.328. The third kappa shape index (κ3) is 3.50. The quantitative estimate of drug-likeness (QED) is 0.460. The van der Waals surface area contributed by atoms with Crippen LogP contribution in [0.25, 0.3) is 11.0 Å². The van der Waals surface area contributed by atoms with Gasteiger partial charge in [-0.3, -0.25) is 0 Å². The minimum absolute atomic E-state index is 0.328. The first-order chi connectivity index (χ1) is 12.2. The molecule has 0 bridgehead atoms. The number of nitrogens with zero attached hydrogens (tertiary/aromatic N) is 2. The Bertz CT molecular complexity index is 992. The molecule has 126 valence electrons. The lowest BCUT2D eigenvalue weighted by Gasteiger charge is -2.09. The molecule has 0 aliphatic rings. The smallest absolute Gasteiger partial charge is 0.148 e. The Kier molecular flexibility index (Phi) is 4.38. The molecule has 2 aromatic heterocycles. The summed E-state index contributed by atoms with van der Waals surface area (Å²) in [5.41, 5.74) is 1.81. The monoisotopic (exact) mass is 372 g/mol. The number of ether oxygens (including phenoxy) is 1. The molecule has 0 amide bonds. The molecule has 2 aromatic carbocycles. The van der Waals surface area contributed by atoms with Gasteiger partial charge < -0.3 is 13.7 Å². The van der Waals surface area contributed by atoms with Gasteiger partial charge in [-0.2, -0.15) is 0 Å². The summed E-state index contributed by atoms with van der Waals surface area (Å²) < 4.78 is 13.4. The number of fused-ring (bicyclic) bond motifs is 1. The van der Waals surface area contributed by atoms with E-state index in [0.717, 1.165) is 28.4 Å². The van der Waals surface area contributed by atoms with Crippen molar-refractivity contribution >= 4 is 34.2 Å². The van der Waals surface area contributed by atoms with Crippen LogP contribution in [-0.4, -0.2) is 9.55 Å². The van der Waals surface area contributed by atoms with Crippen LogP contribution in [0.4, 0.5) is 0 Å². The Morgan fingerprint density at radius 2 is 1.80 bits per heavy atom. The van der Waals surface area contributed by atoms with Gasteiger partial charge in [0.1, 0.15) is 23.9 Å². The fraction of sp³-hybridized carbons (Fsp3) is 0.105. The predicted molar refractivity (Wildman–Crippen MR) is 98.3 cm³/mol. The summed E-state index contributed by atoms with van der Waals surface area (Å²) in [5.74, 6) is 2.38. The van der Waals surface area contributed by atoms with Crippen LogP contribution < -0.4 is 4.74 Å². The van der Waals surface area contributed by atoms with E-state index in [0.29, 0.717) is 23.2 Å². The maximum atomic E-state index is 6.10. The molecule has 0 N–H and O–H groups in total. The molecule has 0 saturated carbocycles. The minimum Gasteiger partial charge on any atom is -0.486 e. The fourth-order valence-corrected chi connectivity index (χ4v) is 2.97. The van der Waals surface area contributed by atoms with Crippen molar-refractivity contribution in [1.82, 2.24) is 9.55 Å². The largest absolute Gasteiger partial charge is 0.486 e. The number of imidazole rings is 1. The van der Waals surface area contributed by atoms with E-state index in [2.05, 4.69) is 9.55 Å². The van der Waals surface area contributed by atoms with Crippen molar-refractivity contribution < 1.29 is 9.15 Å². The summed E-state index contributed by atoms with van der Waals surface area (Å²) in [7, 11) is 0. The first-order valence-corrected chi connectivity index (χ1v) is 8.50. The average Bonchev–Trinajstić information content (AvgIpc) is 3.23. The first kappa shape index (κ1) is 16.1. The number of furan rings is 1. The van der Waals surface area contributed by atoms with Gasteiger partial charge in [-0.25, -0.2) is 4.98 Å². The van der Waals surface area contributed by atoms with Crippen LogP contribution in [0.15, 0.2) is 65.3 Å². The molecule has 2 heterocycles. The zero-order chi connectivity index (χ0) is 17.2. The van der Waals surface area contributed by atoms with Crippen molar-refractivity contribution in [2.24, 2.45) is 0 Å². The molecule has 4 aromatic rings. The first-order valence-electron chi connectivity index (χ1n) is 7.74. The van der Waals surface area contributed by atoms with Gasteiger partial charge in [-0.05, 0) is 54.6 Å². The van der Waals surface area contributed by atoms with Gasteiger partial charge in [0.15, 0.2) is 0 Å². The number of hydrogen-bond donors (Lipinski definition) is 0. The van der Waals surface area contributed by atoms with E-state index >= 15 is 0 Å². The third-order valence-electron chi connectivity index (χ3n) is 3.86. The van der Waals surface area contributed by atoms with Crippen molar-refractivity contribution in [2.75, 3.05) is 0 Å². The summed E-state index contributed by atoms with van der Waals surface area (Å²) in [6, 6.07) is 16.7. The molecule has 6 heteroatoms. The summed E-state index contributed by atoms with van der Waals surface area (Å²) in [4.78, 5) is 4.67. The van der Waals surface area contributed by atoms with Crippen molar-refractivity contribution in [3.05, 3.63) is 82.5 Å². The van der Waals surface area contributed by atoms with E-state index < -0.39 is 0 Å². The van der Waals surface area contributed by atoms with E-state index in [1.807, 2.05) is 42.5 Å². The maximum Gasteiger partial charge on any atom is 0.148 e. The zero-order valence-corrected chi connectivity index (χ0v) is 14.7. The van der Waals surface area contributed by atoms with Gasteiger partial charge in [0.2, 0.25) is 0 Å². The molecule has 0 atom stereocenters. The lowest BCUT2D eigenvalue weighted by Crippen LogP contribution is -2.08. The number of aromatic nitrogens is 2. The number of rotatable bonds is 5. The van der Waals surface area contributed by atoms with E-state index in [9.17, 15) is 0 Å². The summed E-state index contributed by atoms with van der Waals surface area (Å²) >= 11 is 12.0. The second-order valence-electron chi connectivity index (χ2n) is 5.57. The molecule has 0 fully saturated rings. The topological polar surface area (TPSA) is 40.2 Å². The van der Waals surface area contributed by atoms with Crippen LogP contribution in [0.3, 0.4) is 0 Å². The third-order valence-corrected chi connectivity index (χ3v) is 4.35. The molecule has 0 aliphatic heterocycles. The Morgan fingerprint density at radius 1 is 1.00 bits per heavy atom. The average molecular weight is 373 g/mol. The molecule has 0 unspecified atom stereocenters. The zero-order valence-electron chi connectivity index (χ0n) is 13.2. The Hall–Kier alpha value is -2.43. The molecule has 25 heavy (non-hydrogen) atoms. The van der Waals surface area contributed by atoms with Crippen LogP contribution in [-0.2, 0) is 13.2 Å². The van der Waals surface area contributed by atoms with E-state index in [4.69, 9.17) is 32.4 Å². The molecular formula is C19H14Cl2N2O2. The van der Waals surface area contributed by atoms with Crippen LogP contribution in [0.2, 0.25) is 10.0 Å². The standard InChI is InChI=1S/C19H14Cl2N2O2/c20-13-3-6-15(7-4-13)25-12-19-22-17-10-14(21)5-8-18(17)23(19)11-16-2-1-9-24-16/h1-10H,11-12H2. The molecule has 0 spiro atoms. The predicted octanol–water partition coefficient (Wildman–Crippen LogP) is 5.56. The normalized spacial score (nSPS) is 11.1. The van der Waals surface area contributed by atoms with Crippen molar-refractivity contribution in [3.63, 3.8) is 0 Å². The SMILES string of the molecule is Clc1ccc(OCc2nc3cc(Cl)ccc3n2Cc2ccco2)cc1. The maximum absolute atomic E-state index is 6.10. The summed E-state index contributed by atoms with van der Waals surface area (Å²) in [6.45, 7) is 0.902. The molecule has 4 rings (SSSR count). The lowest BCUT2D eigenvalue weighted by atomic mass is 10.3. The molecule has 0 radical (unpaired) electrons. The molecule has 0 saturated heterocycles. The van der Waals surface area contributed by atoms with Crippen LogP contribution in [0.1, 0.15) is 11.6 Å². The van der Waals surface area contributed by atoms with Gasteiger partial charge in [-0.1, -0.05) is 23.2 Å². The van der Waals surface area contributed by atoms with Crippen molar-refractivity contribution in [2.45, 2.75) is 13.2 Å². The van der Waals surface area contributed by atoms with E-state index in [1.54, 1.807) is 18.4 Å². The molecule has 0 aliphatic carbocycles. The lowest BCUT2D eigenvalue weighted by molar-refractivity contribution is 0.290.